The second-order valence-corrected chi connectivity index (χ2v) is 7.08. The number of hydrogen-bond donors (Lipinski definition) is 0. The summed E-state index contributed by atoms with van der Waals surface area (Å²) in [5.41, 5.74) is 0. The van der Waals surface area contributed by atoms with Crippen LogP contribution in [-0.2, 0) is 9.05 Å². The first kappa shape index (κ1) is 9.96. The molecule has 0 aromatic carbocycles. The van der Waals surface area contributed by atoms with Gasteiger partial charge in [0.15, 0.2) is 4.71 Å². The molecule has 2 unspecified atom stereocenters. The summed E-state index contributed by atoms with van der Waals surface area (Å²) in [6.45, 7) is 0. The van der Waals surface area contributed by atoms with E-state index in [0.717, 1.165) is 17.9 Å². The maximum atomic E-state index is 10.7. The summed E-state index contributed by atoms with van der Waals surface area (Å²) in [6, 6.07) is 0. The van der Waals surface area contributed by atoms with E-state index in [9.17, 15) is 8.42 Å². The minimum Gasteiger partial charge on any atom is -0.211 e. The summed E-state index contributed by atoms with van der Waals surface area (Å²) in [6.07, 6.45) is 0.852. The zero-order chi connectivity index (χ0) is 8.48. The first-order chi connectivity index (χ1) is 5.02. The van der Waals surface area contributed by atoms with Gasteiger partial charge in [0, 0.05) is 16.6 Å². The fourth-order valence-corrected chi connectivity index (χ4v) is 3.86. The van der Waals surface area contributed by atoms with E-state index in [1.165, 1.54) is 0 Å². The lowest BCUT2D eigenvalue weighted by Gasteiger charge is -2.11. The van der Waals surface area contributed by atoms with Crippen molar-refractivity contribution in [2.45, 2.75) is 11.1 Å². The summed E-state index contributed by atoms with van der Waals surface area (Å²) in [7, 11) is 1.53. The molecule has 1 rings (SSSR count). The molecule has 1 heterocycles. The van der Waals surface area contributed by atoms with Gasteiger partial charge in [-0.25, -0.2) is 8.42 Å². The first-order valence-electron chi connectivity index (χ1n) is 3.17. The van der Waals surface area contributed by atoms with Gasteiger partial charge in [0.25, 0.3) is 0 Å². The summed E-state index contributed by atoms with van der Waals surface area (Å²) >= 11 is 7.35. The molecule has 0 aromatic rings. The summed E-state index contributed by atoms with van der Waals surface area (Å²) in [5.74, 6) is 1.82. The molecule has 1 saturated heterocycles. The van der Waals surface area contributed by atoms with E-state index in [2.05, 4.69) is 0 Å². The molecule has 0 aromatic heterocycles. The lowest BCUT2D eigenvalue weighted by Crippen LogP contribution is -2.20. The van der Waals surface area contributed by atoms with Crippen molar-refractivity contribution in [1.29, 1.82) is 0 Å². The molecule has 0 amide bonds. The van der Waals surface area contributed by atoms with Crippen molar-refractivity contribution in [1.82, 2.24) is 0 Å². The van der Waals surface area contributed by atoms with Crippen LogP contribution in [0, 0.1) is 5.92 Å². The van der Waals surface area contributed by atoms with Gasteiger partial charge in [0.1, 0.15) is 0 Å². The van der Waals surface area contributed by atoms with Crippen molar-refractivity contribution in [3.05, 3.63) is 0 Å². The Labute approximate surface area is 80.1 Å². The van der Waals surface area contributed by atoms with Crippen molar-refractivity contribution in [3.63, 3.8) is 0 Å². The second kappa shape index (κ2) is 3.73. The standard InChI is InChI=1S/C5H8Cl2O2S2/c6-5(11(7,8)9)4-1-2-10-3-4/h4-5H,1-3H2. The quantitative estimate of drug-likeness (QED) is 0.541. The lowest BCUT2D eigenvalue weighted by atomic mass is 10.2. The molecule has 6 heteroatoms. The van der Waals surface area contributed by atoms with Crippen LogP contribution < -0.4 is 0 Å². The topological polar surface area (TPSA) is 34.1 Å². The highest BCUT2D eigenvalue weighted by Crippen LogP contribution is 2.32. The van der Waals surface area contributed by atoms with Gasteiger partial charge in [-0.15, -0.1) is 11.6 Å². The Balaban J connectivity index is 2.60. The van der Waals surface area contributed by atoms with Crippen LogP contribution in [0.1, 0.15) is 6.42 Å². The van der Waals surface area contributed by atoms with Crippen molar-refractivity contribution in [3.8, 4) is 0 Å². The summed E-state index contributed by atoms with van der Waals surface area (Å²) < 4.78 is 20.6. The van der Waals surface area contributed by atoms with Crippen molar-refractivity contribution in [2.75, 3.05) is 11.5 Å². The van der Waals surface area contributed by atoms with Crippen LogP contribution in [0.15, 0.2) is 0 Å². The van der Waals surface area contributed by atoms with Crippen molar-refractivity contribution in [2.24, 2.45) is 5.92 Å². The maximum Gasteiger partial charge on any atom is 0.249 e. The van der Waals surface area contributed by atoms with E-state index >= 15 is 0 Å². The monoisotopic (exact) mass is 234 g/mol. The fraction of sp³-hybridized carbons (Fsp3) is 1.00. The molecular formula is C5H8Cl2O2S2. The molecule has 1 aliphatic rings. The highest BCUT2D eigenvalue weighted by atomic mass is 35.7. The Bertz CT molecular complexity index is 221. The first-order valence-corrected chi connectivity index (χ1v) is 7.13. The molecule has 0 spiro atoms. The zero-order valence-electron chi connectivity index (χ0n) is 5.66. The molecule has 0 radical (unpaired) electrons. The Kier molecular flexibility index (Phi) is 3.38. The van der Waals surface area contributed by atoms with E-state index in [4.69, 9.17) is 22.3 Å². The van der Waals surface area contributed by atoms with Crippen LogP contribution in [0.5, 0.6) is 0 Å². The average molecular weight is 235 g/mol. The Morgan fingerprint density at radius 1 is 1.55 bits per heavy atom. The van der Waals surface area contributed by atoms with Gasteiger partial charge in [-0.3, -0.25) is 0 Å². The number of hydrogen-bond acceptors (Lipinski definition) is 3. The Morgan fingerprint density at radius 3 is 2.55 bits per heavy atom. The number of halogens is 2. The largest absolute Gasteiger partial charge is 0.249 e. The van der Waals surface area contributed by atoms with Crippen molar-refractivity contribution >= 4 is 43.1 Å². The fourth-order valence-electron chi connectivity index (χ4n) is 0.989. The van der Waals surface area contributed by atoms with E-state index in [-0.39, 0.29) is 5.92 Å². The van der Waals surface area contributed by atoms with Crippen LogP contribution >= 0.6 is 34.0 Å². The summed E-state index contributed by atoms with van der Waals surface area (Å²) in [5, 5.41) is 0. The summed E-state index contributed by atoms with van der Waals surface area (Å²) in [4.78, 5) is 0. The van der Waals surface area contributed by atoms with Crippen LogP contribution in [0.3, 0.4) is 0 Å². The predicted molar refractivity (Wildman–Crippen MR) is 49.8 cm³/mol. The van der Waals surface area contributed by atoms with Gasteiger partial charge in [0.2, 0.25) is 9.05 Å². The van der Waals surface area contributed by atoms with E-state index < -0.39 is 13.8 Å². The minimum absolute atomic E-state index is 0.0316. The third-order valence-corrected chi connectivity index (χ3v) is 5.63. The zero-order valence-corrected chi connectivity index (χ0v) is 8.81. The maximum absolute atomic E-state index is 10.7. The number of rotatable bonds is 2. The molecule has 0 bridgehead atoms. The lowest BCUT2D eigenvalue weighted by molar-refractivity contribution is 0.574. The smallest absolute Gasteiger partial charge is 0.211 e. The molecule has 1 fully saturated rings. The van der Waals surface area contributed by atoms with E-state index in [1.54, 1.807) is 11.8 Å². The molecule has 66 valence electrons. The SMILES string of the molecule is O=S(=O)(Cl)C(Cl)C1CCSC1. The van der Waals surface area contributed by atoms with Gasteiger partial charge in [-0.05, 0) is 17.9 Å². The van der Waals surface area contributed by atoms with Crippen LogP contribution in [0.4, 0.5) is 0 Å². The van der Waals surface area contributed by atoms with Gasteiger partial charge < -0.3 is 0 Å². The Hall–Kier alpha value is 0.880. The molecule has 11 heavy (non-hydrogen) atoms. The predicted octanol–water partition coefficient (Wildman–Crippen LogP) is 1.87. The van der Waals surface area contributed by atoms with Gasteiger partial charge in [0.05, 0.1) is 0 Å². The molecular weight excluding hydrogens is 227 g/mol. The third kappa shape index (κ3) is 2.68. The van der Waals surface area contributed by atoms with Crippen LogP contribution in [0.25, 0.3) is 0 Å². The van der Waals surface area contributed by atoms with Gasteiger partial charge >= 0.3 is 0 Å². The highest BCUT2D eigenvalue weighted by molar-refractivity contribution is 8.15. The molecule has 2 nitrogen and oxygen atoms in total. The van der Waals surface area contributed by atoms with E-state index in [0.29, 0.717) is 0 Å². The normalized spacial score (nSPS) is 28.7. The van der Waals surface area contributed by atoms with Crippen LogP contribution in [-0.4, -0.2) is 24.6 Å². The van der Waals surface area contributed by atoms with Gasteiger partial charge in [-0.1, -0.05) is 0 Å². The Morgan fingerprint density at radius 2 is 2.18 bits per heavy atom. The number of alkyl halides is 1. The van der Waals surface area contributed by atoms with Crippen LogP contribution in [0.2, 0.25) is 0 Å². The molecule has 2 atom stereocenters. The highest BCUT2D eigenvalue weighted by Gasteiger charge is 2.32. The second-order valence-electron chi connectivity index (χ2n) is 2.45. The third-order valence-electron chi connectivity index (χ3n) is 1.60. The average Bonchev–Trinajstić information content (AvgIpc) is 2.34. The minimum atomic E-state index is -3.56. The number of thioether (sulfide) groups is 1. The van der Waals surface area contributed by atoms with E-state index in [1.807, 2.05) is 0 Å². The molecule has 0 N–H and O–H groups in total. The molecule has 0 saturated carbocycles. The van der Waals surface area contributed by atoms with Gasteiger partial charge in [-0.2, -0.15) is 11.8 Å². The molecule has 0 aliphatic carbocycles. The molecule has 1 aliphatic heterocycles. The van der Waals surface area contributed by atoms with Crippen molar-refractivity contribution < 1.29 is 8.42 Å².